The van der Waals surface area contributed by atoms with E-state index in [-0.39, 0.29) is 5.91 Å². The highest BCUT2D eigenvalue weighted by Crippen LogP contribution is 2.22. The second-order valence-electron chi connectivity index (χ2n) is 6.49. The van der Waals surface area contributed by atoms with Crippen LogP contribution in [0.25, 0.3) is 0 Å². The van der Waals surface area contributed by atoms with Crippen molar-refractivity contribution in [2.45, 2.75) is 13.0 Å². The standard InChI is InChI=1S/C22H18N4O/c23-14-16-5-7-20(8-6-16)25-21-13-18(9-11-24-21)22(27)26-12-10-17-3-1-2-4-19(17)15-26/h1-9,11,13H,10,12,15H2,(H,24,25). The molecule has 5 nitrogen and oxygen atoms in total. The Labute approximate surface area is 157 Å². The molecule has 4 rings (SSSR count). The van der Waals surface area contributed by atoms with Gasteiger partial charge in [-0.25, -0.2) is 4.98 Å². The number of rotatable bonds is 3. The molecule has 0 atom stereocenters. The molecule has 1 aliphatic rings. The van der Waals surface area contributed by atoms with Crippen LogP contribution in [0.3, 0.4) is 0 Å². The molecule has 132 valence electrons. The van der Waals surface area contributed by atoms with Crippen molar-refractivity contribution in [2.75, 3.05) is 11.9 Å². The van der Waals surface area contributed by atoms with Gasteiger partial charge in [0, 0.05) is 30.5 Å². The minimum Gasteiger partial charge on any atom is -0.340 e. The van der Waals surface area contributed by atoms with Crippen molar-refractivity contribution >= 4 is 17.4 Å². The van der Waals surface area contributed by atoms with Gasteiger partial charge in [0.1, 0.15) is 5.82 Å². The van der Waals surface area contributed by atoms with Crippen molar-refractivity contribution in [3.63, 3.8) is 0 Å². The molecule has 0 aliphatic carbocycles. The first-order valence-corrected chi connectivity index (χ1v) is 8.82. The lowest BCUT2D eigenvalue weighted by molar-refractivity contribution is 0.0734. The van der Waals surface area contributed by atoms with Gasteiger partial charge in [0.25, 0.3) is 5.91 Å². The highest BCUT2D eigenvalue weighted by molar-refractivity contribution is 5.95. The third kappa shape index (κ3) is 3.65. The normalized spacial score (nSPS) is 12.8. The highest BCUT2D eigenvalue weighted by atomic mass is 16.2. The van der Waals surface area contributed by atoms with E-state index in [1.54, 1.807) is 30.5 Å². The average molecular weight is 354 g/mol. The number of pyridine rings is 1. The van der Waals surface area contributed by atoms with Gasteiger partial charge >= 0.3 is 0 Å². The van der Waals surface area contributed by atoms with Crippen LogP contribution in [-0.4, -0.2) is 22.3 Å². The Bertz CT molecular complexity index is 1020. The molecule has 27 heavy (non-hydrogen) atoms. The molecule has 3 aromatic rings. The molecule has 0 unspecified atom stereocenters. The molecule has 2 aromatic carbocycles. The van der Waals surface area contributed by atoms with E-state index >= 15 is 0 Å². The Morgan fingerprint density at radius 2 is 1.85 bits per heavy atom. The van der Waals surface area contributed by atoms with Gasteiger partial charge in [-0.2, -0.15) is 5.26 Å². The predicted molar refractivity (Wildman–Crippen MR) is 104 cm³/mol. The van der Waals surface area contributed by atoms with Crippen molar-refractivity contribution in [2.24, 2.45) is 0 Å². The third-order valence-corrected chi connectivity index (χ3v) is 4.71. The number of nitriles is 1. The number of carbonyl (C=O) groups excluding carboxylic acids is 1. The van der Waals surface area contributed by atoms with E-state index in [0.29, 0.717) is 23.5 Å². The van der Waals surface area contributed by atoms with Gasteiger partial charge in [-0.05, 0) is 53.9 Å². The SMILES string of the molecule is N#Cc1ccc(Nc2cc(C(=O)N3CCc4ccccc4C3)ccn2)cc1. The fourth-order valence-electron chi connectivity index (χ4n) is 3.26. The van der Waals surface area contributed by atoms with Crippen molar-refractivity contribution in [1.82, 2.24) is 9.88 Å². The zero-order chi connectivity index (χ0) is 18.6. The molecule has 1 aliphatic heterocycles. The maximum absolute atomic E-state index is 12.9. The van der Waals surface area contributed by atoms with Crippen molar-refractivity contribution in [3.05, 3.63) is 89.1 Å². The van der Waals surface area contributed by atoms with Crippen LogP contribution in [0.5, 0.6) is 0 Å². The van der Waals surface area contributed by atoms with Crippen LogP contribution in [-0.2, 0) is 13.0 Å². The molecule has 1 N–H and O–H groups in total. The third-order valence-electron chi connectivity index (χ3n) is 4.71. The zero-order valence-corrected chi connectivity index (χ0v) is 14.7. The topological polar surface area (TPSA) is 69.0 Å². The largest absolute Gasteiger partial charge is 0.340 e. The van der Waals surface area contributed by atoms with Gasteiger partial charge < -0.3 is 10.2 Å². The summed E-state index contributed by atoms with van der Waals surface area (Å²) in [6.45, 7) is 1.35. The van der Waals surface area contributed by atoms with Gasteiger partial charge in [-0.1, -0.05) is 24.3 Å². The monoisotopic (exact) mass is 354 g/mol. The molecule has 0 saturated heterocycles. The van der Waals surface area contributed by atoms with Crippen LogP contribution in [0, 0.1) is 11.3 Å². The van der Waals surface area contributed by atoms with Gasteiger partial charge in [0.2, 0.25) is 0 Å². The van der Waals surface area contributed by atoms with E-state index in [0.717, 1.165) is 18.7 Å². The number of hydrogen-bond donors (Lipinski definition) is 1. The molecular weight excluding hydrogens is 336 g/mol. The quantitative estimate of drug-likeness (QED) is 0.775. The van der Waals surface area contributed by atoms with Crippen molar-refractivity contribution in [3.8, 4) is 6.07 Å². The number of fused-ring (bicyclic) bond motifs is 1. The Morgan fingerprint density at radius 1 is 1.07 bits per heavy atom. The fraction of sp³-hybridized carbons (Fsp3) is 0.136. The molecule has 2 heterocycles. The molecule has 5 heteroatoms. The number of amides is 1. The van der Waals surface area contributed by atoms with Crippen LogP contribution in [0.1, 0.15) is 27.0 Å². The lowest BCUT2D eigenvalue weighted by Crippen LogP contribution is -2.35. The highest BCUT2D eigenvalue weighted by Gasteiger charge is 2.21. The number of nitrogens with zero attached hydrogens (tertiary/aromatic N) is 3. The van der Waals surface area contributed by atoms with E-state index in [1.807, 2.05) is 29.2 Å². The lowest BCUT2D eigenvalue weighted by atomic mass is 9.99. The van der Waals surface area contributed by atoms with E-state index in [4.69, 9.17) is 5.26 Å². The Balaban J connectivity index is 1.50. The number of aromatic nitrogens is 1. The molecule has 0 saturated carbocycles. The first-order valence-electron chi connectivity index (χ1n) is 8.82. The Morgan fingerprint density at radius 3 is 2.63 bits per heavy atom. The summed E-state index contributed by atoms with van der Waals surface area (Å²) in [7, 11) is 0. The van der Waals surface area contributed by atoms with Crippen LogP contribution >= 0.6 is 0 Å². The average Bonchev–Trinajstić information content (AvgIpc) is 2.73. The summed E-state index contributed by atoms with van der Waals surface area (Å²) in [5, 5.41) is 12.1. The summed E-state index contributed by atoms with van der Waals surface area (Å²) in [6, 6.07) is 21.0. The van der Waals surface area contributed by atoms with E-state index < -0.39 is 0 Å². The van der Waals surface area contributed by atoms with Gasteiger partial charge in [0.15, 0.2) is 0 Å². The fourth-order valence-corrected chi connectivity index (χ4v) is 3.26. The maximum atomic E-state index is 12.9. The summed E-state index contributed by atoms with van der Waals surface area (Å²) in [6.07, 6.45) is 2.51. The van der Waals surface area contributed by atoms with E-state index in [2.05, 4.69) is 28.5 Å². The summed E-state index contributed by atoms with van der Waals surface area (Å²) in [5.74, 6) is 0.609. The minimum atomic E-state index is 0.00906. The van der Waals surface area contributed by atoms with Gasteiger partial charge in [-0.15, -0.1) is 0 Å². The second-order valence-corrected chi connectivity index (χ2v) is 6.49. The van der Waals surface area contributed by atoms with Gasteiger partial charge in [-0.3, -0.25) is 4.79 Å². The van der Waals surface area contributed by atoms with Gasteiger partial charge in [0.05, 0.1) is 11.6 Å². The van der Waals surface area contributed by atoms with Crippen molar-refractivity contribution in [1.29, 1.82) is 5.26 Å². The van der Waals surface area contributed by atoms with Crippen LogP contribution < -0.4 is 5.32 Å². The first kappa shape index (κ1) is 16.8. The molecule has 0 spiro atoms. The summed E-state index contributed by atoms with van der Waals surface area (Å²) < 4.78 is 0. The number of carbonyl (C=O) groups is 1. The molecule has 0 fully saturated rings. The van der Waals surface area contributed by atoms with E-state index in [9.17, 15) is 4.79 Å². The van der Waals surface area contributed by atoms with Crippen molar-refractivity contribution < 1.29 is 4.79 Å². The zero-order valence-electron chi connectivity index (χ0n) is 14.7. The summed E-state index contributed by atoms with van der Waals surface area (Å²) >= 11 is 0. The molecule has 0 radical (unpaired) electrons. The minimum absolute atomic E-state index is 0.00906. The second kappa shape index (κ2) is 7.30. The molecule has 1 aromatic heterocycles. The summed E-state index contributed by atoms with van der Waals surface area (Å²) in [4.78, 5) is 19.1. The van der Waals surface area contributed by atoms with Crippen LogP contribution in [0.15, 0.2) is 66.9 Å². The Hall–Kier alpha value is -3.65. The maximum Gasteiger partial charge on any atom is 0.254 e. The number of benzene rings is 2. The molecular formula is C22H18N4O. The number of nitrogens with one attached hydrogen (secondary N) is 1. The number of anilines is 2. The van der Waals surface area contributed by atoms with E-state index in [1.165, 1.54) is 11.1 Å². The summed E-state index contributed by atoms with van der Waals surface area (Å²) in [5.41, 5.74) is 4.56. The smallest absolute Gasteiger partial charge is 0.254 e. The van der Waals surface area contributed by atoms with Crippen LogP contribution in [0.4, 0.5) is 11.5 Å². The number of hydrogen-bond acceptors (Lipinski definition) is 4. The Kier molecular flexibility index (Phi) is 4.54. The molecule has 0 bridgehead atoms. The first-order chi connectivity index (χ1) is 13.2. The van der Waals surface area contributed by atoms with Crippen LogP contribution in [0.2, 0.25) is 0 Å². The molecule has 1 amide bonds. The lowest BCUT2D eigenvalue weighted by Gasteiger charge is -2.29. The predicted octanol–water partition coefficient (Wildman–Crippen LogP) is 3.90.